The fraction of sp³-hybridized carbons (Fsp3) is 0.438. The van der Waals surface area contributed by atoms with Crippen LogP contribution in [0.3, 0.4) is 0 Å². The molecule has 0 bridgehead atoms. The van der Waals surface area contributed by atoms with Crippen molar-refractivity contribution in [2.24, 2.45) is 0 Å². The molecule has 1 atom stereocenters. The molecule has 0 saturated carbocycles. The van der Waals surface area contributed by atoms with Gasteiger partial charge in [0.15, 0.2) is 0 Å². The molecule has 0 aliphatic carbocycles. The third-order valence-corrected chi connectivity index (χ3v) is 6.68. The van der Waals surface area contributed by atoms with E-state index in [0.29, 0.717) is 38.5 Å². The lowest BCUT2D eigenvalue weighted by molar-refractivity contribution is -0.180. The number of nitrogens with one attached hydrogen (secondary N) is 2. The number of aromatic amines is 1. The van der Waals surface area contributed by atoms with Crippen LogP contribution in [0, 0.1) is 11.8 Å². The zero-order valence-electron chi connectivity index (χ0n) is 23.8. The Bertz CT molecular complexity index is 1470. The molecule has 0 radical (unpaired) electrons. The fourth-order valence-corrected chi connectivity index (χ4v) is 4.47. The zero-order valence-corrected chi connectivity index (χ0v) is 23.8. The molecule has 0 spiro atoms. The number of H-pyrrole nitrogens is 1. The molecule has 0 unspecified atom stereocenters. The number of hydrogen-bond acceptors (Lipinski definition) is 7. The van der Waals surface area contributed by atoms with E-state index < -0.39 is 23.1 Å². The molecular formula is C32H39N3O6. The van der Waals surface area contributed by atoms with Gasteiger partial charge in [0, 0.05) is 56.8 Å². The maximum Gasteiger partial charge on any atom is 0.332 e. The van der Waals surface area contributed by atoms with Crippen molar-refractivity contribution in [3.05, 3.63) is 92.3 Å². The van der Waals surface area contributed by atoms with Gasteiger partial charge in [-0.15, -0.1) is 0 Å². The molecule has 1 aromatic heterocycles. The first-order chi connectivity index (χ1) is 19.8. The topological polar surface area (TPSA) is 115 Å². The van der Waals surface area contributed by atoms with E-state index in [1.807, 2.05) is 50.2 Å². The maximum atomic E-state index is 12.0. The van der Waals surface area contributed by atoms with Gasteiger partial charge in [0.2, 0.25) is 5.79 Å². The van der Waals surface area contributed by atoms with Gasteiger partial charge < -0.3 is 24.6 Å². The monoisotopic (exact) mass is 561 g/mol. The van der Waals surface area contributed by atoms with Gasteiger partial charge in [-0.05, 0) is 55.3 Å². The molecule has 3 aromatic rings. The Morgan fingerprint density at radius 1 is 1.10 bits per heavy atom. The van der Waals surface area contributed by atoms with E-state index in [4.69, 9.17) is 14.2 Å². The molecule has 4 rings (SSSR count). The van der Waals surface area contributed by atoms with E-state index >= 15 is 0 Å². The van der Waals surface area contributed by atoms with Gasteiger partial charge in [-0.2, -0.15) is 0 Å². The van der Waals surface area contributed by atoms with Crippen molar-refractivity contribution in [3.8, 4) is 23.3 Å². The Balaban J connectivity index is 1.03. The van der Waals surface area contributed by atoms with Crippen LogP contribution in [0.1, 0.15) is 68.7 Å². The van der Waals surface area contributed by atoms with Gasteiger partial charge in [-0.25, -0.2) is 4.79 Å². The summed E-state index contributed by atoms with van der Waals surface area (Å²) >= 11 is 0. The largest absolute Gasteiger partial charge is 0.463 e. The van der Waals surface area contributed by atoms with Crippen molar-refractivity contribution in [2.75, 3.05) is 26.3 Å². The van der Waals surface area contributed by atoms with Crippen LogP contribution in [0.4, 0.5) is 0 Å². The number of aliphatic hydroxyl groups is 1. The quantitative estimate of drug-likeness (QED) is 0.215. The number of rotatable bonds is 13. The molecule has 41 heavy (non-hydrogen) atoms. The fourth-order valence-electron chi connectivity index (χ4n) is 4.47. The predicted molar refractivity (Wildman–Crippen MR) is 157 cm³/mol. The molecule has 0 saturated heterocycles. The Hall–Kier alpha value is -3.68. The van der Waals surface area contributed by atoms with Gasteiger partial charge in [0.05, 0.1) is 25.0 Å². The SMILES string of the molecule is CC1(C)OCc2cc([C@H](O)CNCCCCCCOCCC#Cc3cccc(-n4ccc(=O)[nH]c4=O)c3)ccc2O1. The number of benzene rings is 2. The molecule has 0 amide bonds. The van der Waals surface area contributed by atoms with E-state index in [-0.39, 0.29) is 0 Å². The van der Waals surface area contributed by atoms with Crippen molar-refractivity contribution in [1.82, 2.24) is 14.9 Å². The smallest absolute Gasteiger partial charge is 0.332 e. The normalized spacial score (nSPS) is 14.4. The minimum absolute atomic E-state index is 0.426. The van der Waals surface area contributed by atoms with Crippen molar-refractivity contribution in [2.45, 2.75) is 64.4 Å². The van der Waals surface area contributed by atoms with Crippen LogP contribution in [-0.2, 0) is 16.1 Å². The molecule has 2 aromatic carbocycles. The van der Waals surface area contributed by atoms with E-state index in [9.17, 15) is 14.7 Å². The average Bonchev–Trinajstić information content (AvgIpc) is 2.95. The summed E-state index contributed by atoms with van der Waals surface area (Å²) in [7, 11) is 0. The average molecular weight is 562 g/mol. The number of ether oxygens (including phenoxy) is 3. The van der Waals surface area contributed by atoms with Crippen LogP contribution in [0.25, 0.3) is 5.69 Å². The van der Waals surface area contributed by atoms with Crippen LogP contribution in [0.2, 0.25) is 0 Å². The van der Waals surface area contributed by atoms with Crippen molar-refractivity contribution >= 4 is 0 Å². The second kappa shape index (κ2) is 14.8. The summed E-state index contributed by atoms with van der Waals surface area (Å²) in [6, 6.07) is 14.4. The second-order valence-corrected chi connectivity index (χ2v) is 10.5. The Morgan fingerprint density at radius 3 is 2.80 bits per heavy atom. The molecule has 9 nitrogen and oxygen atoms in total. The summed E-state index contributed by atoms with van der Waals surface area (Å²) in [6.07, 6.45) is 5.74. The standard InChI is InChI=1S/C32H39N3O6/c1-32(2)40-23-26-21-25(13-14-29(26)41-32)28(36)22-33-16-6-3-4-7-18-39-19-8-5-10-24-11-9-12-27(20-24)35-17-15-30(37)34-31(35)38/h9,11-15,17,20-21,28,33,36H,3-4,6-8,16,18-19,22-23H2,1-2H3,(H,34,37,38)/t28-/m1/s1. The van der Waals surface area contributed by atoms with Crippen LogP contribution in [0.5, 0.6) is 5.75 Å². The lowest BCUT2D eigenvalue weighted by atomic mass is 10.0. The number of hydrogen-bond donors (Lipinski definition) is 3. The van der Waals surface area contributed by atoms with Gasteiger partial charge in [0.1, 0.15) is 5.75 Å². The van der Waals surface area contributed by atoms with Crippen molar-refractivity contribution in [1.29, 1.82) is 0 Å². The second-order valence-electron chi connectivity index (χ2n) is 10.5. The highest BCUT2D eigenvalue weighted by molar-refractivity contribution is 5.43. The van der Waals surface area contributed by atoms with Crippen LogP contribution in [0.15, 0.2) is 64.3 Å². The minimum atomic E-state index is -0.621. The van der Waals surface area contributed by atoms with Crippen molar-refractivity contribution in [3.63, 3.8) is 0 Å². The molecule has 9 heteroatoms. The molecule has 2 heterocycles. The first kappa shape index (κ1) is 30.3. The van der Waals surface area contributed by atoms with Gasteiger partial charge >= 0.3 is 5.69 Å². The third kappa shape index (κ3) is 9.44. The van der Waals surface area contributed by atoms with Gasteiger partial charge in [0.25, 0.3) is 5.56 Å². The van der Waals surface area contributed by atoms with E-state index in [1.54, 1.807) is 6.07 Å². The first-order valence-electron chi connectivity index (χ1n) is 14.1. The molecule has 1 aliphatic rings. The lowest BCUT2D eigenvalue weighted by Crippen LogP contribution is -2.35. The first-order valence-corrected chi connectivity index (χ1v) is 14.1. The Kier molecular flexibility index (Phi) is 10.9. The minimum Gasteiger partial charge on any atom is -0.463 e. The number of unbranched alkanes of at least 4 members (excludes halogenated alkanes) is 3. The molecule has 218 valence electrons. The number of nitrogens with zero attached hydrogens (tertiary/aromatic N) is 1. The highest BCUT2D eigenvalue weighted by Crippen LogP contribution is 2.32. The van der Waals surface area contributed by atoms with E-state index in [1.165, 1.54) is 16.8 Å². The lowest BCUT2D eigenvalue weighted by Gasteiger charge is -2.33. The van der Waals surface area contributed by atoms with E-state index in [2.05, 4.69) is 22.1 Å². The van der Waals surface area contributed by atoms with Gasteiger partial charge in [-0.3, -0.25) is 14.3 Å². The van der Waals surface area contributed by atoms with Gasteiger partial charge in [-0.1, -0.05) is 36.8 Å². The summed E-state index contributed by atoms with van der Waals surface area (Å²) in [6.45, 7) is 6.91. The van der Waals surface area contributed by atoms with Crippen LogP contribution >= 0.6 is 0 Å². The third-order valence-electron chi connectivity index (χ3n) is 6.68. The number of aromatic nitrogens is 2. The summed E-state index contributed by atoms with van der Waals surface area (Å²) < 4.78 is 18.6. The maximum absolute atomic E-state index is 12.0. The molecule has 3 N–H and O–H groups in total. The summed E-state index contributed by atoms with van der Waals surface area (Å²) in [5, 5.41) is 13.9. The Labute approximate surface area is 240 Å². The van der Waals surface area contributed by atoms with Crippen LogP contribution in [-0.4, -0.2) is 46.7 Å². The summed E-state index contributed by atoms with van der Waals surface area (Å²) in [5.41, 5.74) is 2.35. The zero-order chi connectivity index (χ0) is 29.1. The van der Waals surface area contributed by atoms with E-state index in [0.717, 1.165) is 54.7 Å². The summed E-state index contributed by atoms with van der Waals surface area (Å²) in [4.78, 5) is 25.5. The Morgan fingerprint density at radius 2 is 1.95 bits per heavy atom. The van der Waals surface area contributed by atoms with Crippen molar-refractivity contribution < 1.29 is 19.3 Å². The number of fused-ring (bicyclic) bond motifs is 1. The number of aliphatic hydroxyl groups excluding tert-OH is 1. The highest BCUT2D eigenvalue weighted by atomic mass is 16.7. The van der Waals surface area contributed by atoms with Crippen LogP contribution < -0.4 is 21.3 Å². The highest BCUT2D eigenvalue weighted by Gasteiger charge is 2.27. The predicted octanol–water partition coefficient (Wildman–Crippen LogP) is 3.81. The molecular weight excluding hydrogens is 522 g/mol. The molecule has 1 aliphatic heterocycles. The summed E-state index contributed by atoms with van der Waals surface area (Å²) in [5.74, 6) is 6.40. The molecule has 0 fully saturated rings.